The monoisotopic (exact) mass is 440 g/mol. The molecule has 4 heterocycles. The van der Waals surface area contributed by atoms with Crippen molar-refractivity contribution in [3.63, 3.8) is 0 Å². The second-order valence-corrected chi connectivity index (χ2v) is 8.87. The molecule has 1 aliphatic heterocycles. The van der Waals surface area contributed by atoms with Gasteiger partial charge in [0.1, 0.15) is 0 Å². The Kier molecular flexibility index (Phi) is 4.41. The number of aromatic nitrogens is 5. The maximum absolute atomic E-state index is 13.6. The Labute approximate surface area is 182 Å². The number of hydrogen-bond acceptors (Lipinski definition) is 4. The molecule has 6 rings (SSSR count). The zero-order valence-corrected chi connectivity index (χ0v) is 17.5. The van der Waals surface area contributed by atoms with E-state index >= 15 is 0 Å². The summed E-state index contributed by atoms with van der Waals surface area (Å²) in [6.45, 7) is 1.83. The minimum atomic E-state index is -4.55. The first-order valence-corrected chi connectivity index (χ1v) is 11.2. The second-order valence-electron chi connectivity index (χ2n) is 8.87. The van der Waals surface area contributed by atoms with Gasteiger partial charge in [-0.3, -0.25) is 10.2 Å². The first-order valence-electron chi connectivity index (χ1n) is 11.2. The summed E-state index contributed by atoms with van der Waals surface area (Å²) in [7, 11) is 0. The number of alkyl halides is 3. The van der Waals surface area contributed by atoms with Crippen molar-refractivity contribution in [3.8, 4) is 11.3 Å². The summed E-state index contributed by atoms with van der Waals surface area (Å²) in [5.41, 5.74) is 3.13. The number of pyridine rings is 1. The predicted molar refractivity (Wildman–Crippen MR) is 117 cm³/mol. The SMILES string of the molecule is FC(F)(F)c1n[nH]cc1-c1cc(C2CCC2)c2c(n1)c(N1CCCCC1)cc1[nH]ncc12. The number of nitrogens with zero attached hydrogens (tertiary/aromatic N) is 4. The Morgan fingerprint density at radius 1 is 1.03 bits per heavy atom. The van der Waals surface area contributed by atoms with Crippen molar-refractivity contribution in [2.45, 2.75) is 50.6 Å². The lowest BCUT2D eigenvalue weighted by Gasteiger charge is -2.31. The highest BCUT2D eigenvalue weighted by Gasteiger charge is 2.38. The fourth-order valence-corrected chi connectivity index (χ4v) is 5.10. The van der Waals surface area contributed by atoms with Gasteiger partial charge in [0.25, 0.3) is 0 Å². The highest BCUT2D eigenvalue weighted by atomic mass is 19.4. The van der Waals surface area contributed by atoms with Gasteiger partial charge < -0.3 is 4.90 Å². The van der Waals surface area contributed by atoms with Gasteiger partial charge in [-0.2, -0.15) is 23.4 Å². The minimum Gasteiger partial charge on any atom is -0.370 e. The van der Waals surface area contributed by atoms with Crippen LogP contribution in [-0.2, 0) is 6.18 Å². The van der Waals surface area contributed by atoms with Crippen LogP contribution in [0.25, 0.3) is 33.1 Å². The molecule has 0 unspecified atom stereocenters. The Balaban J connectivity index is 1.66. The van der Waals surface area contributed by atoms with E-state index in [1.807, 2.05) is 6.07 Å². The van der Waals surface area contributed by atoms with Crippen molar-refractivity contribution < 1.29 is 13.2 Å². The lowest BCUT2D eigenvalue weighted by molar-refractivity contribution is -0.140. The maximum Gasteiger partial charge on any atom is 0.435 e. The van der Waals surface area contributed by atoms with Crippen LogP contribution in [0.4, 0.5) is 18.9 Å². The second kappa shape index (κ2) is 7.21. The molecule has 1 aromatic carbocycles. The Morgan fingerprint density at radius 2 is 1.84 bits per heavy atom. The normalized spacial score (nSPS) is 17.9. The fourth-order valence-electron chi connectivity index (χ4n) is 5.10. The van der Waals surface area contributed by atoms with E-state index in [-0.39, 0.29) is 5.56 Å². The van der Waals surface area contributed by atoms with Crippen LogP contribution in [0.5, 0.6) is 0 Å². The van der Waals surface area contributed by atoms with Gasteiger partial charge in [0.05, 0.1) is 34.2 Å². The molecule has 2 fully saturated rings. The number of hydrogen-bond donors (Lipinski definition) is 2. The van der Waals surface area contributed by atoms with Crippen LogP contribution in [0, 0.1) is 0 Å². The number of anilines is 1. The van der Waals surface area contributed by atoms with Gasteiger partial charge in [-0.25, -0.2) is 4.98 Å². The molecule has 6 nitrogen and oxygen atoms in total. The van der Waals surface area contributed by atoms with Crippen LogP contribution in [-0.4, -0.2) is 38.5 Å². The van der Waals surface area contributed by atoms with Crippen LogP contribution in [0.1, 0.15) is 55.7 Å². The molecule has 0 radical (unpaired) electrons. The summed E-state index contributed by atoms with van der Waals surface area (Å²) in [6.07, 6.45) is 5.13. The molecule has 4 aromatic rings. The molecule has 166 valence electrons. The summed E-state index contributed by atoms with van der Waals surface area (Å²) in [6, 6.07) is 3.90. The molecule has 9 heteroatoms. The molecule has 0 atom stereocenters. The van der Waals surface area contributed by atoms with E-state index in [9.17, 15) is 13.2 Å². The van der Waals surface area contributed by atoms with Gasteiger partial charge in [-0.05, 0) is 55.7 Å². The smallest absolute Gasteiger partial charge is 0.370 e. The lowest BCUT2D eigenvalue weighted by Crippen LogP contribution is -2.29. The van der Waals surface area contributed by atoms with Crippen LogP contribution < -0.4 is 4.90 Å². The van der Waals surface area contributed by atoms with Gasteiger partial charge in [0, 0.05) is 30.1 Å². The quantitative estimate of drug-likeness (QED) is 0.424. The number of benzene rings is 1. The van der Waals surface area contributed by atoms with Crippen molar-refractivity contribution in [2.75, 3.05) is 18.0 Å². The van der Waals surface area contributed by atoms with E-state index < -0.39 is 11.9 Å². The number of rotatable bonds is 3. The van der Waals surface area contributed by atoms with Gasteiger partial charge in [0.2, 0.25) is 0 Å². The molecular formula is C23H23F3N6. The Morgan fingerprint density at radius 3 is 2.56 bits per heavy atom. The average Bonchev–Trinajstić information content (AvgIpc) is 3.41. The zero-order valence-electron chi connectivity index (χ0n) is 17.5. The van der Waals surface area contributed by atoms with Crippen molar-refractivity contribution in [2.24, 2.45) is 0 Å². The molecule has 32 heavy (non-hydrogen) atoms. The molecule has 1 saturated heterocycles. The molecule has 0 bridgehead atoms. The van der Waals surface area contributed by atoms with Gasteiger partial charge >= 0.3 is 6.18 Å². The summed E-state index contributed by atoms with van der Waals surface area (Å²) >= 11 is 0. The van der Waals surface area contributed by atoms with E-state index in [1.165, 1.54) is 12.6 Å². The molecular weight excluding hydrogens is 417 g/mol. The van der Waals surface area contributed by atoms with Crippen LogP contribution in [0.2, 0.25) is 0 Å². The topological polar surface area (TPSA) is 73.5 Å². The average molecular weight is 440 g/mol. The maximum atomic E-state index is 13.6. The lowest BCUT2D eigenvalue weighted by atomic mass is 9.78. The molecule has 0 spiro atoms. The van der Waals surface area contributed by atoms with E-state index in [4.69, 9.17) is 4.98 Å². The molecule has 1 saturated carbocycles. The van der Waals surface area contributed by atoms with Crippen LogP contribution >= 0.6 is 0 Å². The van der Waals surface area contributed by atoms with Crippen molar-refractivity contribution in [1.29, 1.82) is 0 Å². The number of halogens is 3. The highest BCUT2D eigenvalue weighted by molar-refractivity contribution is 6.12. The standard InChI is InChI=1S/C23H23F3N6/c24-23(25,26)22-16(12-28-31-22)17-9-14(13-5-4-6-13)20-15-11-27-30-18(15)10-19(21(20)29-17)32-7-2-1-3-8-32/h9-13H,1-8H2,(H,27,30)(H,28,31). The van der Waals surface area contributed by atoms with E-state index in [0.717, 1.165) is 78.3 Å². The van der Waals surface area contributed by atoms with E-state index in [1.54, 1.807) is 6.20 Å². The number of H-pyrrole nitrogens is 2. The minimum absolute atomic E-state index is 0.00291. The Bertz CT molecular complexity index is 1290. The third-order valence-corrected chi connectivity index (χ3v) is 6.94. The number of fused-ring (bicyclic) bond motifs is 3. The molecule has 0 amide bonds. The molecule has 2 N–H and O–H groups in total. The third kappa shape index (κ3) is 3.05. The summed E-state index contributed by atoms with van der Waals surface area (Å²) < 4.78 is 40.9. The first-order chi connectivity index (χ1) is 15.5. The van der Waals surface area contributed by atoms with Crippen molar-refractivity contribution in [3.05, 3.63) is 35.8 Å². The molecule has 3 aromatic heterocycles. The molecule has 1 aliphatic carbocycles. The Hall–Kier alpha value is -3.10. The fraction of sp³-hybridized carbons (Fsp3) is 0.435. The van der Waals surface area contributed by atoms with Crippen LogP contribution in [0.3, 0.4) is 0 Å². The zero-order chi connectivity index (χ0) is 21.9. The molecule has 2 aliphatic rings. The van der Waals surface area contributed by atoms with Gasteiger partial charge in [-0.1, -0.05) is 6.42 Å². The number of aromatic amines is 2. The van der Waals surface area contributed by atoms with E-state index in [0.29, 0.717) is 11.6 Å². The van der Waals surface area contributed by atoms with Crippen molar-refractivity contribution >= 4 is 27.5 Å². The number of nitrogens with one attached hydrogen (secondary N) is 2. The van der Waals surface area contributed by atoms with Gasteiger partial charge in [-0.15, -0.1) is 0 Å². The summed E-state index contributed by atoms with van der Waals surface area (Å²) in [5, 5.41) is 15.2. The summed E-state index contributed by atoms with van der Waals surface area (Å²) in [5.74, 6) is 0.315. The highest BCUT2D eigenvalue weighted by Crippen LogP contribution is 2.46. The van der Waals surface area contributed by atoms with Gasteiger partial charge in [0.15, 0.2) is 5.69 Å². The number of piperidine rings is 1. The predicted octanol–water partition coefficient (Wildman–Crippen LogP) is 5.78. The van der Waals surface area contributed by atoms with Crippen molar-refractivity contribution in [1.82, 2.24) is 25.4 Å². The largest absolute Gasteiger partial charge is 0.435 e. The third-order valence-electron chi connectivity index (χ3n) is 6.94. The van der Waals surface area contributed by atoms with E-state index in [2.05, 4.69) is 31.4 Å². The summed E-state index contributed by atoms with van der Waals surface area (Å²) in [4.78, 5) is 7.17. The van der Waals surface area contributed by atoms with Crippen LogP contribution in [0.15, 0.2) is 24.5 Å². The first kappa shape index (κ1) is 19.6.